The third-order valence-corrected chi connectivity index (χ3v) is 3.88. The van der Waals surface area contributed by atoms with Crippen LogP contribution in [0.15, 0.2) is 42.5 Å². The number of anilines is 2. The fraction of sp³-hybridized carbons (Fsp3) is 0.133. The average molecular weight is 414 g/mol. The number of ether oxygens (including phenoxy) is 2. The molecule has 0 saturated carbocycles. The molecule has 0 saturated heterocycles. The summed E-state index contributed by atoms with van der Waals surface area (Å²) in [6.45, 7) is 0. The third kappa shape index (κ3) is 4.47. The highest BCUT2D eigenvalue weighted by Gasteiger charge is 2.05. The minimum atomic E-state index is 0.509. The van der Waals surface area contributed by atoms with E-state index in [-0.39, 0.29) is 0 Å². The molecule has 0 aliphatic rings. The predicted molar refractivity (Wildman–Crippen MR) is 98.5 cm³/mol. The van der Waals surface area contributed by atoms with Gasteiger partial charge in [0.05, 0.1) is 19.9 Å². The van der Waals surface area contributed by atoms with Crippen molar-refractivity contribution in [3.05, 3.63) is 46.0 Å². The minimum absolute atomic E-state index is 0.509. The van der Waals surface area contributed by atoms with E-state index in [0.29, 0.717) is 16.6 Å². The molecule has 0 bridgehead atoms. The molecule has 2 rings (SSSR count). The Kier molecular flexibility index (Phi) is 5.63. The molecule has 0 aliphatic heterocycles. The van der Waals surface area contributed by atoms with Crippen LogP contribution in [0.3, 0.4) is 0 Å². The molecule has 0 spiro atoms. The predicted octanol–water partition coefficient (Wildman–Crippen LogP) is 4.12. The van der Waals surface area contributed by atoms with E-state index in [2.05, 4.69) is 33.2 Å². The second kappa shape index (κ2) is 7.46. The van der Waals surface area contributed by atoms with Crippen molar-refractivity contribution in [1.82, 2.24) is 0 Å². The zero-order chi connectivity index (χ0) is 15.2. The van der Waals surface area contributed by atoms with Gasteiger partial charge in [0.25, 0.3) is 0 Å². The number of hydrogen-bond donors (Lipinski definition) is 2. The van der Waals surface area contributed by atoms with E-state index in [1.54, 1.807) is 14.2 Å². The van der Waals surface area contributed by atoms with Gasteiger partial charge in [-0.05, 0) is 46.9 Å². The van der Waals surface area contributed by atoms with Gasteiger partial charge in [0.1, 0.15) is 11.5 Å². The van der Waals surface area contributed by atoms with Gasteiger partial charge in [0, 0.05) is 27.5 Å². The molecule has 2 aromatic rings. The van der Waals surface area contributed by atoms with Crippen LogP contribution in [0.2, 0.25) is 0 Å². The lowest BCUT2D eigenvalue weighted by Crippen LogP contribution is -2.19. The van der Waals surface area contributed by atoms with Gasteiger partial charge in [-0.3, -0.25) is 0 Å². The topological polar surface area (TPSA) is 42.5 Å². The summed E-state index contributed by atoms with van der Waals surface area (Å²) in [5.74, 6) is 1.41. The molecule has 0 unspecified atom stereocenters. The number of para-hydroxylation sites is 1. The summed E-state index contributed by atoms with van der Waals surface area (Å²) in [5.41, 5.74) is 1.76. The van der Waals surface area contributed by atoms with Crippen LogP contribution in [0.4, 0.5) is 11.4 Å². The van der Waals surface area contributed by atoms with Gasteiger partial charge >= 0.3 is 0 Å². The molecule has 110 valence electrons. The van der Waals surface area contributed by atoms with Gasteiger partial charge in [-0.15, -0.1) is 0 Å². The van der Waals surface area contributed by atoms with Gasteiger partial charge in [-0.25, -0.2) is 0 Å². The van der Waals surface area contributed by atoms with E-state index in [1.807, 2.05) is 42.5 Å². The van der Waals surface area contributed by atoms with Gasteiger partial charge in [-0.2, -0.15) is 0 Å². The summed E-state index contributed by atoms with van der Waals surface area (Å²) in [5, 5.41) is 6.80. The van der Waals surface area contributed by atoms with Crippen molar-refractivity contribution in [2.45, 2.75) is 0 Å². The number of rotatable bonds is 4. The Labute approximate surface area is 143 Å². The lowest BCUT2D eigenvalue weighted by atomic mass is 10.3. The van der Waals surface area contributed by atoms with Crippen LogP contribution in [0.25, 0.3) is 0 Å². The van der Waals surface area contributed by atoms with Gasteiger partial charge in [-0.1, -0.05) is 12.1 Å². The normalized spacial score (nSPS) is 9.86. The first-order chi connectivity index (χ1) is 10.1. The van der Waals surface area contributed by atoms with Crippen molar-refractivity contribution in [2.75, 3.05) is 24.9 Å². The first-order valence-electron chi connectivity index (χ1n) is 6.18. The van der Waals surface area contributed by atoms with Crippen molar-refractivity contribution < 1.29 is 9.47 Å². The highest BCUT2D eigenvalue weighted by Crippen LogP contribution is 2.26. The SMILES string of the molecule is COc1cc(NC(=S)Nc2ccccc2I)cc(OC)c1. The number of hydrogen-bond acceptors (Lipinski definition) is 3. The quantitative estimate of drug-likeness (QED) is 0.582. The highest BCUT2D eigenvalue weighted by molar-refractivity contribution is 14.1. The molecule has 4 nitrogen and oxygen atoms in total. The largest absolute Gasteiger partial charge is 0.497 e. The molecule has 0 fully saturated rings. The number of thiocarbonyl (C=S) groups is 1. The summed E-state index contributed by atoms with van der Waals surface area (Å²) in [7, 11) is 3.23. The lowest BCUT2D eigenvalue weighted by Gasteiger charge is -2.13. The molecule has 0 aliphatic carbocycles. The van der Waals surface area contributed by atoms with E-state index >= 15 is 0 Å². The second-order valence-electron chi connectivity index (χ2n) is 4.16. The summed E-state index contributed by atoms with van der Waals surface area (Å²) in [4.78, 5) is 0. The Hall–Kier alpha value is -1.54. The maximum Gasteiger partial charge on any atom is 0.175 e. The van der Waals surface area contributed by atoms with Crippen LogP contribution < -0.4 is 20.1 Å². The van der Waals surface area contributed by atoms with Crippen molar-refractivity contribution in [2.24, 2.45) is 0 Å². The summed E-state index contributed by atoms with van der Waals surface area (Å²) in [6.07, 6.45) is 0. The number of benzene rings is 2. The fourth-order valence-corrected chi connectivity index (χ4v) is 2.48. The summed E-state index contributed by atoms with van der Waals surface area (Å²) >= 11 is 7.59. The Morgan fingerprint density at radius 1 is 1.00 bits per heavy atom. The maximum absolute atomic E-state index is 5.33. The van der Waals surface area contributed by atoms with Crippen molar-refractivity contribution in [1.29, 1.82) is 0 Å². The molecule has 21 heavy (non-hydrogen) atoms. The average Bonchev–Trinajstić information content (AvgIpc) is 2.49. The Morgan fingerprint density at radius 2 is 1.62 bits per heavy atom. The second-order valence-corrected chi connectivity index (χ2v) is 5.73. The molecule has 0 aromatic heterocycles. The van der Waals surface area contributed by atoms with E-state index < -0.39 is 0 Å². The van der Waals surface area contributed by atoms with Gasteiger partial charge < -0.3 is 20.1 Å². The maximum atomic E-state index is 5.33. The van der Waals surface area contributed by atoms with Crippen molar-refractivity contribution >= 4 is 51.3 Å². The molecular weight excluding hydrogens is 399 g/mol. The number of nitrogens with one attached hydrogen (secondary N) is 2. The molecule has 0 heterocycles. The van der Waals surface area contributed by atoms with E-state index in [9.17, 15) is 0 Å². The molecule has 2 N–H and O–H groups in total. The minimum Gasteiger partial charge on any atom is -0.497 e. The van der Waals surface area contributed by atoms with Crippen LogP contribution >= 0.6 is 34.8 Å². The van der Waals surface area contributed by atoms with E-state index in [1.165, 1.54) is 0 Å². The standard InChI is InChI=1S/C15H15IN2O2S/c1-19-11-7-10(8-12(9-11)20-2)17-15(21)18-14-6-4-3-5-13(14)16/h3-9H,1-2H3,(H2,17,18,21). The number of halogens is 1. The summed E-state index contributed by atoms with van der Waals surface area (Å²) in [6, 6.07) is 13.4. The first-order valence-corrected chi connectivity index (χ1v) is 7.66. The van der Waals surface area contributed by atoms with Gasteiger partial charge in [0.2, 0.25) is 0 Å². The van der Waals surface area contributed by atoms with Gasteiger partial charge in [0.15, 0.2) is 5.11 Å². The van der Waals surface area contributed by atoms with Crippen LogP contribution in [-0.2, 0) is 0 Å². The first kappa shape index (κ1) is 15.8. The van der Waals surface area contributed by atoms with Crippen molar-refractivity contribution in [3.63, 3.8) is 0 Å². The molecular formula is C15H15IN2O2S. The fourth-order valence-electron chi connectivity index (χ4n) is 1.73. The molecule has 0 atom stereocenters. The monoisotopic (exact) mass is 414 g/mol. The zero-order valence-corrected chi connectivity index (χ0v) is 14.6. The van der Waals surface area contributed by atoms with E-state index in [0.717, 1.165) is 14.9 Å². The molecule has 2 aromatic carbocycles. The van der Waals surface area contributed by atoms with Crippen LogP contribution in [-0.4, -0.2) is 19.3 Å². The lowest BCUT2D eigenvalue weighted by molar-refractivity contribution is 0.395. The molecule has 0 amide bonds. The number of methoxy groups -OCH3 is 2. The van der Waals surface area contributed by atoms with E-state index in [4.69, 9.17) is 21.7 Å². The molecule has 0 radical (unpaired) electrons. The third-order valence-electron chi connectivity index (χ3n) is 2.73. The Morgan fingerprint density at radius 3 is 2.19 bits per heavy atom. The van der Waals surface area contributed by atoms with Crippen LogP contribution in [0.1, 0.15) is 0 Å². The van der Waals surface area contributed by atoms with Crippen LogP contribution in [0, 0.1) is 3.57 Å². The molecule has 6 heteroatoms. The van der Waals surface area contributed by atoms with Crippen LogP contribution in [0.5, 0.6) is 11.5 Å². The Bertz CT molecular complexity index is 627. The Balaban J connectivity index is 2.11. The smallest absolute Gasteiger partial charge is 0.175 e. The van der Waals surface area contributed by atoms with Crippen molar-refractivity contribution in [3.8, 4) is 11.5 Å². The zero-order valence-electron chi connectivity index (χ0n) is 11.6. The highest BCUT2D eigenvalue weighted by atomic mass is 127. The summed E-state index contributed by atoms with van der Waals surface area (Å²) < 4.78 is 11.6.